The van der Waals surface area contributed by atoms with Crippen LogP contribution in [-0.4, -0.2) is 29.8 Å². The van der Waals surface area contributed by atoms with Crippen LogP contribution in [0.5, 0.6) is 0 Å². The van der Waals surface area contributed by atoms with Gasteiger partial charge >= 0.3 is 0 Å². The highest BCUT2D eigenvalue weighted by Gasteiger charge is 2.19. The molecule has 0 bridgehead atoms. The van der Waals surface area contributed by atoms with Crippen LogP contribution in [0, 0.1) is 0 Å². The van der Waals surface area contributed by atoms with Gasteiger partial charge in [-0.05, 0) is 69.6 Å². The van der Waals surface area contributed by atoms with E-state index in [1.54, 1.807) is 0 Å². The molecule has 0 aliphatic heterocycles. The first-order valence-corrected chi connectivity index (χ1v) is 24.4. The van der Waals surface area contributed by atoms with Gasteiger partial charge in [0.1, 0.15) is 18.6 Å². The number of allylic oxidation sites excluding steroid dienone is 3. The van der Waals surface area contributed by atoms with Crippen LogP contribution in [0.2, 0.25) is 0 Å². The zero-order chi connectivity index (χ0) is 37.4. The van der Waals surface area contributed by atoms with Gasteiger partial charge in [-0.25, -0.2) is 4.48 Å². The second kappa shape index (κ2) is 38.8. The third-order valence-corrected chi connectivity index (χ3v) is 11.3. The quantitative estimate of drug-likeness (QED) is 0.0386. The summed E-state index contributed by atoms with van der Waals surface area (Å²) >= 11 is 0. The molecule has 4 nitrogen and oxygen atoms in total. The van der Waals surface area contributed by atoms with Crippen LogP contribution in [0.15, 0.2) is 36.8 Å². The van der Waals surface area contributed by atoms with Crippen molar-refractivity contribution in [2.75, 3.05) is 12.3 Å². The molecule has 0 aromatic rings. The van der Waals surface area contributed by atoms with Gasteiger partial charge in [0.25, 0.3) is 10.1 Å². The van der Waals surface area contributed by atoms with Crippen LogP contribution in [0.3, 0.4) is 0 Å². The maximum Gasteiger partial charge on any atom is 0.264 e. The number of quaternary nitrogens is 1. The van der Waals surface area contributed by atoms with Gasteiger partial charge in [0.15, 0.2) is 0 Å². The molecule has 1 N–H and O–H groups in total. The van der Waals surface area contributed by atoms with E-state index in [0.717, 1.165) is 32.2 Å². The Bertz CT molecular complexity index is 811. The predicted octanol–water partition coefficient (Wildman–Crippen LogP) is 15.9. The fraction of sp³-hybridized carbons (Fsp3) is 0.870. The van der Waals surface area contributed by atoms with E-state index in [-0.39, 0.29) is 5.75 Å². The van der Waals surface area contributed by atoms with Crippen molar-refractivity contribution in [2.24, 2.45) is 0 Å². The van der Waals surface area contributed by atoms with Crippen LogP contribution >= 0.6 is 0 Å². The van der Waals surface area contributed by atoms with Crippen molar-refractivity contribution in [1.29, 1.82) is 0 Å². The van der Waals surface area contributed by atoms with Crippen molar-refractivity contribution in [3.63, 3.8) is 0 Å². The Morgan fingerprint density at radius 2 is 0.627 bits per heavy atom. The molecule has 0 aliphatic rings. The molecule has 0 aromatic heterocycles. The van der Waals surface area contributed by atoms with Crippen molar-refractivity contribution in [3.8, 4) is 0 Å². The summed E-state index contributed by atoms with van der Waals surface area (Å²) < 4.78 is 32.9. The summed E-state index contributed by atoms with van der Waals surface area (Å²) in [5.41, 5.74) is 0. The lowest BCUT2D eigenvalue weighted by Crippen LogP contribution is -2.32. The third kappa shape index (κ3) is 38.6. The fourth-order valence-electron chi connectivity index (χ4n) is 7.10. The second-order valence-corrected chi connectivity index (χ2v) is 17.4. The number of hydrogen-bond acceptors (Lipinski definition) is 2. The molecular weight excluding hydrogens is 647 g/mol. The molecular formula is C46H90NO3S+. The number of nitrogens with zero attached hydrogens (tertiary/aromatic N) is 1. The van der Waals surface area contributed by atoms with E-state index in [4.69, 9.17) is 0 Å². The van der Waals surface area contributed by atoms with E-state index >= 15 is 0 Å². The first-order chi connectivity index (χ1) is 24.9. The molecule has 0 saturated heterocycles. The van der Waals surface area contributed by atoms with Gasteiger partial charge in [-0.2, -0.15) is 8.42 Å². The molecule has 0 radical (unpaired) electrons. The minimum atomic E-state index is -3.92. The summed E-state index contributed by atoms with van der Waals surface area (Å²) in [6, 6.07) is 0. The van der Waals surface area contributed by atoms with Gasteiger partial charge in [0.05, 0.1) is 12.3 Å². The molecule has 0 aromatic carbocycles. The van der Waals surface area contributed by atoms with Crippen molar-refractivity contribution in [3.05, 3.63) is 36.8 Å². The maximum atomic E-state index is 11.5. The zero-order valence-corrected chi connectivity index (χ0v) is 35.6. The zero-order valence-electron chi connectivity index (χ0n) is 34.7. The SMILES string of the molecule is CCCCCCCCCCCC/C=C/[N+](/C=C/CCCCCCCCCCCC)(/C=C/CCCCCCCCCCCC)CCCCS(=O)(=O)O. The van der Waals surface area contributed by atoms with Gasteiger partial charge in [-0.3, -0.25) is 4.55 Å². The predicted molar refractivity (Wildman–Crippen MR) is 228 cm³/mol. The molecule has 0 aliphatic carbocycles. The normalized spacial score (nSPS) is 12.8. The summed E-state index contributed by atoms with van der Waals surface area (Å²) in [5, 5.41) is 0. The van der Waals surface area contributed by atoms with Crippen LogP contribution in [0.25, 0.3) is 0 Å². The molecule has 0 spiro atoms. The van der Waals surface area contributed by atoms with E-state index in [9.17, 15) is 13.0 Å². The Morgan fingerprint density at radius 3 is 0.882 bits per heavy atom. The Kier molecular flexibility index (Phi) is 38.1. The standard InChI is InChI=1S/C46H89NO3S/c1-4-7-10-13-16-19-22-25-28-31-34-37-42-47(45-40-41-46-51(48,49)50,43-38-35-32-29-26-23-20-17-14-11-8-5-2)44-39-36-33-30-27-24-21-18-15-12-9-6-3/h37-39,42-44H,4-36,40-41,45-46H2,1-3H3/p+1/b42-37+,43-38+,44-39+. The fourth-order valence-corrected chi connectivity index (χ4v) is 7.67. The lowest BCUT2D eigenvalue weighted by molar-refractivity contribution is -0.774. The van der Waals surface area contributed by atoms with Crippen LogP contribution in [0.1, 0.15) is 245 Å². The molecule has 5 heteroatoms. The van der Waals surface area contributed by atoms with Crippen LogP contribution < -0.4 is 0 Å². The Balaban J connectivity index is 5.10. The van der Waals surface area contributed by atoms with Crippen molar-refractivity contribution in [2.45, 2.75) is 245 Å². The smallest absolute Gasteiger partial charge is 0.264 e. The molecule has 0 rings (SSSR count). The van der Waals surface area contributed by atoms with E-state index in [2.05, 4.69) is 57.6 Å². The van der Waals surface area contributed by atoms with E-state index in [1.807, 2.05) is 0 Å². The highest BCUT2D eigenvalue weighted by molar-refractivity contribution is 7.85. The minimum Gasteiger partial charge on any atom is -0.286 e. The summed E-state index contributed by atoms with van der Waals surface area (Å²) in [6.07, 6.45) is 59.4. The van der Waals surface area contributed by atoms with E-state index in [0.29, 0.717) is 10.9 Å². The molecule has 0 saturated carbocycles. The van der Waals surface area contributed by atoms with Crippen molar-refractivity contribution < 1.29 is 17.5 Å². The number of unbranched alkanes of at least 4 members (excludes halogenated alkanes) is 31. The molecule has 0 heterocycles. The van der Waals surface area contributed by atoms with Gasteiger partial charge in [0.2, 0.25) is 0 Å². The Morgan fingerprint density at radius 1 is 0.373 bits per heavy atom. The van der Waals surface area contributed by atoms with Crippen molar-refractivity contribution >= 4 is 10.1 Å². The number of hydrogen-bond donors (Lipinski definition) is 1. The van der Waals surface area contributed by atoms with Gasteiger partial charge in [0, 0.05) is 0 Å². The van der Waals surface area contributed by atoms with Crippen LogP contribution in [0.4, 0.5) is 0 Å². The molecule has 0 fully saturated rings. The molecule has 302 valence electrons. The third-order valence-electron chi connectivity index (χ3n) is 10.5. The molecule has 51 heavy (non-hydrogen) atoms. The maximum absolute atomic E-state index is 11.5. The first kappa shape index (κ1) is 50.1. The Labute approximate surface area is 321 Å². The average Bonchev–Trinajstić information content (AvgIpc) is 3.11. The minimum absolute atomic E-state index is 0.153. The first-order valence-electron chi connectivity index (χ1n) is 22.7. The summed E-state index contributed by atoms with van der Waals surface area (Å²) in [7, 11) is -3.92. The van der Waals surface area contributed by atoms with Crippen molar-refractivity contribution in [1.82, 2.24) is 0 Å². The molecule has 0 amide bonds. The monoisotopic (exact) mass is 737 g/mol. The highest BCUT2D eigenvalue weighted by Crippen LogP contribution is 2.20. The van der Waals surface area contributed by atoms with Crippen LogP contribution in [-0.2, 0) is 10.1 Å². The summed E-state index contributed by atoms with van der Waals surface area (Å²) in [5.74, 6) is -0.153. The Hall–Kier alpha value is -0.910. The highest BCUT2D eigenvalue weighted by atomic mass is 32.2. The second-order valence-electron chi connectivity index (χ2n) is 15.8. The molecule has 0 atom stereocenters. The van der Waals surface area contributed by atoms with Gasteiger partial charge < -0.3 is 0 Å². The number of rotatable bonds is 41. The average molecular weight is 737 g/mol. The largest absolute Gasteiger partial charge is 0.286 e. The van der Waals surface area contributed by atoms with E-state index < -0.39 is 10.1 Å². The lowest BCUT2D eigenvalue weighted by Gasteiger charge is -2.27. The lowest BCUT2D eigenvalue weighted by atomic mass is 10.1. The topological polar surface area (TPSA) is 54.4 Å². The summed E-state index contributed by atoms with van der Waals surface area (Å²) in [4.78, 5) is 0. The molecule has 0 unspecified atom stereocenters. The van der Waals surface area contributed by atoms with Gasteiger partial charge in [-0.1, -0.05) is 194 Å². The van der Waals surface area contributed by atoms with E-state index in [1.165, 1.54) is 193 Å². The summed E-state index contributed by atoms with van der Waals surface area (Å²) in [6.45, 7) is 7.68. The van der Waals surface area contributed by atoms with Gasteiger partial charge in [-0.15, -0.1) is 0 Å².